The van der Waals surface area contributed by atoms with E-state index in [0.29, 0.717) is 53.6 Å². The molecular weight excluding hydrogens is 632 g/mol. The second-order valence-corrected chi connectivity index (χ2v) is 13.0. The molecule has 10 nitrogen and oxygen atoms in total. The summed E-state index contributed by atoms with van der Waals surface area (Å²) in [5, 5.41) is 27.6. The van der Waals surface area contributed by atoms with Gasteiger partial charge in [0.15, 0.2) is 5.78 Å². The number of phenolic OH excluding ortho intramolecular Hbond substituents is 1. The molecule has 1 aromatic heterocycles. The number of Topliss-reactive ketones (excluding diaryl/α,β-unsaturated/α-hetero) is 1. The molecule has 10 heteroatoms. The number of benzene rings is 4. The number of para-hydroxylation sites is 1. The molecule has 1 amide bonds. The van der Waals surface area contributed by atoms with Crippen molar-refractivity contribution in [2.45, 2.75) is 38.4 Å². The summed E-state index contributed by atoms with van der Waals surface area (Å²) in [7, 11) is 1.87. The van der Waals surface area contributed by atoms with E-state index in [0.717, 1.165) is 16.7 Å². The number of anilines is 1. The number of likely N-dealkylation sites (N-methyl/N-ethyl adjacent to an activating group) is 1. The summed E-state index contributed by atoms with van der Waals surface area (Å²) in [6.45, 7) is 5.40. The Hall–Kier alpha value is -5.29. The van der Waals surface area contributed by atoms with E-state index in [-0.39, 0.29) is 30.2 Å². The Morgan fingerprint density at radius 3 is 2.40 bits per heavy atom. The number of amides is 1. The van der Waals surface area contributed by atoms with Gasteiger partial charge in [-0.2, -0.15) is 0 Å². The van der Waals surface area contributed by atoms with Gasteiger partial charge >= 0.3 is 6.09 Å². The van der Waals surface area contributed by atoms with Crippen LogP contribution in [-0.2, 0) is 11.2 Å². The zero-order valence-corrected chi connectivity index (χ0v) is 28.6. The number of nitrogens with one attached hydrogen (secondary N) is 3. The van der Waals surface area contributed by atoms with E-state index in [9.17, 15) is 24.6 Å². The van der Waals surface area contributed by atoms with Gasteiger partial charge in [-0.15, -0.1) is 0 Å². The zero-order valence-electron chi connectivity index (χ0n) is 28.6. The molecule has 5 N–H and O–H groups in total. The lowest BCUT2D eigenvalue weighted by Crippen LogP contribution is -2.36. The first-order chi connectivity index (χ1) is 24.0. The number of H-pyrrole nitrogens is 1. The smallest absolute Gasteiger partial charge is 0.412 e. The van der Waals surface area contributed by atoms with Crippen molar-refractivity contribution in [3.05, 3.63) is 130 Å². The number of pyridine rings is 1. The predicted octanol–water partition coefficient (Wildman–Crippen LogP) is 6.30. The van der Waals surface area contributed by atoms with Gasteiger partial charge in [-0.3, -0.25) is 19.8 Å². The van der Waals surface area contributed by atoms with Gasteiger partial charge in [0, 0.05) is 35.7 Å². The van der Waals surface area contributed by atoms with E-state index < -0.39 is 17.8 Å². The molecule has 0 aliphatic heterocycles. The third kappa shape index (κ3) is 9.66. The minimum Gasteiger partial charge on any atom is -0.506 e. The molecule has 0 saturated carbocycles. The van der Waals surface area contributed by atoms with Crippen molar-refractivity contribution in [2.24, 2.45) is 0 Å². The van der Waals surface area contributed by atoms with Crippen molar-refractivity contribution < 1.29 is 24.5 Å². The second kappa shape index (κ2) is 16.4. The van der Waals surface area contributed by atoms with Gasteiger partial charge in [0.1, 0.15) is 11.4 Å². The first-order valence-electron chi connectivity index (χ1n) is 16.7. The quantitative estimate of drug-likeness (QED) is 0.0643. The van der Waals surface area contributed by atoms with E-state index in [1.54, 1.807) is 12.1 Å². The molecule has 0 saturated heterocycles. The number of phenols is 1. The van der Waals surface area contributed by atoms with Crippen LogP contribution in [0.25, 0.3) is 22.0 Å². The lowest BCUT2D eigenvalue weighted by molar-refractivity contribution is 0.0355. The fourth-order valence-corrected chi connectivity index (χ4v) is 5.76. The first-order valence-corrected chi connectivity index (χ1v) is 16.7. The molecule has 0 aliphatic rings. The summed E-state index contributed by atoms with van der Waals surface area (Å²) in [4.78, 5) is 42.1. The molecule has 1 atom stereocenters. The minimum absolute atomic E-state index is 0.00301. The number of fused-ring (bicyclic) bond motifs is 1. The average Bonchev–Trinajstić information content (AvgIpc) is 3.10. The lowest BCUT2D eigenvalue weighted by Gasteiger charge is -2.28. The Morgan fingerprint density at radius 1 is 0.920 bits per heavy atom. The van der Waals surface area contributed by atoms with Crippen molar-refractivity contribution in [1.82, 2.24) is 15.2 Å². The van der Waals surface area contributed by atoms with Crippen LogP contribution in [-0.4, -0.2) is 70.8 Å². The summed E-state index contributed by atoms with van der Waals surface area (Å²) in [6, 6.07) is 31.0. The maximum Gasteiger partial charge on any atom is 0.412 e. The molecule has 0 bridgehead atoms. The highest BCUT2D eigenvalue weighted by molar-refractivity contribution is 5.97. The van der Waals surface area contributed by atoms with Crippen molar-refractivity contribution in [2.75, 3.05) is 38.5 Å². The van der Waals surface area contributed by atoms with Crippen LogP contribution in [0.3, 0.4) is 0 Å². The largest absolute Gasteiger partial charge is 0.506 e. The van der Waals surface area contributed by atoms with Crippen LogP contribution in [0.5, 0.6) is 5.75 Å². The number of rotatable bonds is 15. The SMILES string of the molecule is CN(CCC(C)(C)OC(=O)Nc1ccccc1-c1ccccc1)CC(=O)c1ccc(CCNCC(O)c2ccc(O)c3[nH]c(=O)ccc23)cc1. The molecule has 0 spiro atoms. The summed E-state index contributed by atoms with van der Waals surface area (Å²) < 4.78 is 5.79. The maximum absolute atomic E-state index is 13.0. The van der Waals surface area contributed by atoms with Crippen LogP contribution in [0.15, 0.2) is 108 Å². The Bertz CT molecular complexity index is 1970. The van der Waals surface area contributed by atoms with Crippen LogP contribution < -0.4 is 16.2 Å². The molecule has 0 radical (unpaired) electrons. The fourth-order valence-electron chi connectivity index (χ4n) is 5.76. The molecule has 5 rings (SSSR count). The molecule has 1 unspecified atom stereocenters. The highest BCUT2D eigenvalue weighted by atomic mass is 16.6. The van der Waals surface area contributed by atoms with E-state index in [1.165, 1.54) is 12.1 Å². The van der Waals surface area contributed by atoms with Crippen molar-refractivity contribution in [3.8, 4) is 16.9 Å². The number of aromatic amines is 1. The van der Waals surface area contributed by atoms with Crippen LogP contribution in [0.1, 0.15) is 47.9 Å². The number of aliphatic hydroxyl groups excluding tert-OH is 1. The molecule has 260 valence electrons. The normalized spacial score (nSPS) is 12.2. The van der Waals surface area contributed by atoms with Gasteiger partial charge in [0.2, 0.25) is 5.56 Å². The number of ether oxygens (including phenoxy) is 1. The summed E-state index contributed by atoms with van der Waals surface area (Å²) >= 11 is 0. The van der Waals surface area contributed by atoms with E-state index in [2.05, 4.69) is 15.6 Å². The number of hydrogen-bond donors (Lipinski definition) is 5. The first kappa shape index (κ1) is 36.0. The van der Waals surface area contributed by atoms with E-state index in [4.69, 9.17) is 4.74 Å². The molecule has 0 fully saturated rings. The molecule has 50 heavy (non-hydrogen) atoms. The number of ketones is 1. The number of hydrogen-bond acceptors (Lipinski definition) is 8. The molecule has 4 aromatic carbocycles. The average molecular weight is 677 g/mol. The van der Waals surface area contributed by atoms with E-state index >= 15 is 0 Å². The Kier molecular flexibility index (Phi) is 11.8. The molecule has 5 aromatic rings. The molecular formula is C40H44N4O6. The topological polar surface area (TPSA) is 144 Å². The third-order valence-electron chi connectivity index (χ3n) is 8.60. The molecule has 0 aliphatic carbocycles. The number of nitrogens with zero attached hydrogens (tertiary/aromatic N) is 1. The second-order valence-electron chi connectivity index (χ2n) is 13.0. The van der Waals surface area contributed by atoms with Crippen LogP contribution in [0.2, 0.25) is 0 Å². The zero-order chi connectivity index (χ0) is 35.7. The van der Waals surface area contributed by atoms with Gasteiger partial charge in [-0.25, -0.2) is 4.79 Å². The van der Waals surface area contributed by atoms with Crippen molar-refractivity contribution in [1.29, 1.82) is 0 Å². The van der Waals surface area contributed by atoms with Gasteiger partial charge < -0.3 is 25.3 Å². The maximum atomic E-state index is 13.0. The summed E-state index contributed by atoms with van der Waals surface area (Å²) in [5.41, 5.74) is 4.06. The van der Waals surface area contributed by atoms with E-state index in [1.807, 2.05) is 105 Å². The summed E-state index contributed by atoms with van der Waals surface area (Å²) in [5.74, 6) is -0.0517. The Balaban J connectivity index is 1.04. The highest BCUT2D eigenvalue weighted by Crippen LogP contribution is 2.29. The lowest BCUT2D eigenvalue weighted by atomic mass is 10.0. The third-order valence-corrected chi connectivity index (χ3v) is 8.60. The van der Waals surface area contributed by atoms with Crippen LogP contribution in [0, 0.1) is 0 Å². The van der Waals surface area contributed by atoms with Crippen molar-refractivity contribution in [3.63, 3.8) is 0 Å². The number of aromatic nitrogens is 1. The predicted molar refractivity (Wildman–Crippen MR) is 197 cm³/mol. The fraction of sp³-hybridized carbons (Fsp3) is 0.275. The Labute approximate surface area is 291 Å². The number of aromatic hydroxyl groups is 1. The van der Waals surface area contributed by atoms with Gasteiger partial charge in [0.05, 0.1) is 23.9 Å². The highest BCUT2D eigenvalue weighted by Gasteiger charge is 2.24. The van der Waals surface area contributed by atoms with Crippen LogP contribution >= 0.6 is 0 Å². The standard InChI is InChI=1S/C40H44N4O6/c1-40(2,50-39(49)42-33-12-8-7-11-30(33)28-9-5-4-6-10-28)22-24-44(3)26-36(47)29-15-13-27(14-16-29)21-23-41-25-35(46)31-17-19-34(45)38-32(31)18-20-37(48)43-38/h4-20,35,41,45-46H,21-26H2,1-3H3,(H,42,49)(H,43,48). The Morgan fingerprint density at radius 2 is 1.64 bits per heavy atom. The number of carbonyl (C=O) groups excluding carboxylic acids is 2. The van der Waals surface area contributed by atoms with Crippen molar-refractivity contribution >= 4 is 28.5 Å². The van der Waals surface area contributed by atoms with Gasteiger partial charge in [-0.1, -0.05) is 78.9 Å². The molecule has 1 heterocycles. The number of carbonyl (C=O) groups is 2. The number of aliphatic hydroxyl groups is 1. The van der Waals surface area contributed by atoms with Gasteiger partial charge in [0.25, 0.3) is 0 Å². The summed E-state index contributed by atoms with van der Waals surface area (Å²) in [6.07, 6.45) is -0.135. The van der Waals surface area contributed by atoms with Gasteiger partial charge in [-0.05, 0) is 75.2 Å². The minimum atomic E-state index is -0.835. The monoisotopic (exact) mass is 676 g/mol. The van der Waals surface area contributed by atoms with Crippen LogP contribution in [0.4, 0.5) is 10.5 Å².